The number of carbonyl (C=O) groups is 2. The fourth-order valence-electron chi connectivity index (χ4n) is 1.21. The van der Waals surface area contributed by atoms with Crippen LogP contribution in [0.2, 0.25) is 0 Å². The first-order chi connectivity index (χ1) is 7.50. The van der Waals surface area contributed by atoms with Gasteiger partial charge in [0.2, 0.25) is 5.91 Å². The number of nitrogens with zero attached hydrogens (tertiary/aromatic N) is 3. The number of carbonyl (C=O) groups excluding carboxylic acids is 1. The van der Waals surface area contributed by atoms with Gasteiger partial charge in [-0.15, -0.1) is 0 Å². The molecule has 1 amide bonds. The average molecular weight is 226 g/mol. The van der Waals surface area contributed by atoms with Crippen molar-refractivity contribution in [2.24, 2.45) is 0 Å². The van der Waals surface area contributed by atoms with Crippen LogP contribution in [-0.4, -0.2) is 37.8 Å². The number of carboxylic acids is 1. The van der Waals surface area contributed by atoms with E-state index in [1.54, 1.807) is 13.8 Å². The van der Waals surface area contributed by atoms with Crippen LogP contribution in [0.25, 0.3) is 0 Å². The Bertz CT molecular complexity index is 363. The molecule has 1 rings (SSSR count). The molecule has 0 aliphatic carbocycles. The second-order valence-electron chi connectivity index (χ2n) is 3.56. The number of aliphatic carboxylic acids is 1. The highest BCUT2D eigenvalue weighted by Gasteiger charge is 2.18. The van der Waals surface area contributed by atoms with Crippen LogP contribution in [0.15, 0.2) is 12.7 Å². The van der Waals surface area contributed by atoms with E-state index >= 15 is 0 Å². The van der Waals surface area contributed by atoms with E-state index in [1.807, 2.05) is 0 Å². The number of rotatable bonds is 5. The van der Waals surface area contributed by atoms with Crippen molar-refractivity contribution in [2.45, 2.75) is 32.4 Å². The Morgan fingerprint density at radius 1 is 1.50 bits per heavy atom. The third kappa shape index (κ3) is 3.34. The zero-order valence-electron chi connectivity index (χ0n) is 9.12. The summed E-state index contributed by atoms with van der Waals surface area (Å²) in [5, 5.41) is 15.0. The molecule has 0 spiro atoms. The fraction of sp³-hybridized carbons (Fsp3) is 0.556. The van der Waals surface area contributed by atoms with Gasteiger partial charge in [0.15, 0.2) is 0 Å². The zero-order chi connectivity index (χ0) is 12.1. The molecular formula is C9H14N4O3. The van der Waals surface area contributed by atoms with E-state index < -0.39 is 18.1 Å². The summed E-state index contributed by atoms with van der Waals surface area (Å²) < 4.78 is 1.41. The van der Waals surface area contributed by atoms with Crippen molar-refractivity contribution in [2.75, 3.05) is 0 Å². The lowest BCUT2D eigenvalue weighted by Crippen LogP contribution is -2.38. The largest absolute Gasteiger partial charge is 0.481 e. The molecule has 16 heavy (non-hydrogen) atoms. The van der Waals surface area contributed by atoms with Gasteiger partial charge >= 0.3 is 5.97 Å². The molecule has 88 valence electrons. The quantitative estimate of drug-likeness (QED) is 0.725. The third-order valence-corrected chi connectivity index (χ3v) is 2.08. The predicted octanol–water partition coefficient (Wildman–Crippen LogP) is -0.182. The zero-order valence-corrected chi connectivity index (χ0v) is 9.12. The highest BCUT2D eigenvalue weighted by Crippen LogP contribution is 2.03. The second-order valence-corrected chi connectivity index (χ2v) is 3.56. The van der Waals surface area contributed by atoms with Crippen LogP contribution in [0.3, 0.4) is 0 Å². The van der Waals surface area contributed by atoms with Gasteiger partial charge in [0.05, 0.1) is 6.42 Å². The lowest BCUT2D eigenvalue weighted by Gasteiger charge is -2.15. The molecule has 2 atom stereocenters. The molecule has 0 saturated carbocycles. The van der Waals surface area contributed by atoms with E-state index in [9.17, 15) is 9.59 Å². The van der Waals surface area contributed by atoms with E-state index in [4.69, 9.17) is 5.11 Å². The predicted molar refractivity (Wildman–Crippen MR) is 54.6 cm³/mol. The van der Waals surface area contributed by atoms with E-state index in [2.05, 4.69) is 15.4 Å². The lowest BCUT2D eigenvalue weighted by molar-refractivity contribution is -0.137. The fourth-order valence-corrected chi connectivity index (χ4v) is 1.21. The SMILES string of the molecule is CC(CC(=O)O)NC(=O)C(C)n1cncn1. The molecular weight excluding hydrogens is 212 g/mol. The summed E-state index contributed by atoms with van der Waals surface area (Å²) in [6, 6.07) is -0.908. The van der Waals surface area contributed by atoms with Crippen molar-refractivity contribution in [3.63, 3.8) is 0 Å². The van der Waals surface area contributed by atoms with Crippen molar-refractivity contribution in [1.29, 1.82) is 0 Å². The number of hydrogen-bond donors (Lipinski definition) is 2. The molecule has 1 aromatic heterocycles. The highest BCUT2D eigenvalue weighted by atomic mass is 16.4. The van der Waals surface area contributed by atoms with Crippen molar-refractivity contribution in [3.05, 3.63) is 12.7 Å². The van der Waals surface area contributed by atoms with Crippen LogP contribution in [0.4, 0.5) is 0 Å². The number of nitrogens with one attached hydrogen (secondary N) is 1. The van der Waals surface area contributed by atoms with Crippen LogP contribution in [0.1, 0.15) is 26.3 Å². The van der Waals surface area contributed by atoms with Crippen molar-refractivity contribution < 1.29 is 14.7 Å². The molecule has 2 unspecified atom stereocenters. The first-order valence-electron chi connectivity index (χ1n) is 4.87. The standard InChI is InChI=1S/C9H14N4O3/c1-6(3-8(14)15)12-9(16)7(2)13-5-10-4-11-13/h4-7H,3H2,1-2H3,(H,12,16)(H,14,15). The van der Waals surface area contributed by atoms with E-state index in [0.717, 1.165) is 0 Å². The molecule has 0 aliphatic heterocycles. The molecule has 0 fully saturated rings. The Morgan fingerprint density at radius 2 is 2.19 bits per heavy atom. The van der Waals surface area contributed by atoms with Gasteiger partial charge in [-0.3, -0.25) is 9.59 Å². The smallest absolute Gasteiger partial charge is 0.305 e. The summed E-state index contributed by atoms with van der Waals surface area (Å²) in [4.78, 5) is 25.8. The summed E-state index contributed by atoms with van der Waals surface area (Å²) in [5.74, 6) is -1.22. The molecule has 1 aromatic rings. The Morgan fingerprint density at radius 3 is 2.69 bits per heavy atom. The number of aromatic nitrogens is 3. The molecule has 0 saturated heterocycles. The van der Waals surface area contributed by atoms with Gasteiger partial charge in [-0.1, -0.05) is 0 Å². The van der Waals surface area contributed by atoms with Crippen LogP contribution < -0.4 is 5.32 Å². The van der Waals surface area contributed by atoms with Gasteiger partial charge in [0, 0.05) is 6.04 Å². The van der Waals surface area contributed by atoms with Crippen LogP contribution in [-0.2, 0) is 9.59 Å². The normalized spacial score (nSPS) is 14.1. The van der Waals surface area contributed by atoms with Crippen LogP contribution >= 0.6 is 0 Å². The average Bonchev–Trinajstić information content (AvgIpc) is 2.67. The van der Waals surface area contributed by atoms with Gasteiger partial charge in [-0.2, -0.15) is 5.10 Å². The topological polar surface area (TPSA) is 97.1 Å². The van der Waals surface area contributed by atoms with Gasteiger partial charge < -0.3 is 10.4 Å². The molecule has 7 nitrogen and oxygen atoms in total. The molecule has 0 bridgehead atoms. The highest BCUT2D eigenvalue weighted by molar-refractivity contribution is 5.80. The van der Waals surface area contributed by atoms with Gasteiger partial charge in [-0.05, 0) is 13.8 Å². The Balaban J connectivity index is 2.49. The summed E-state index contributed by atoms with van der Waals surface area (Å²) in [6.45, 7) is 3.30. The van der Waals surface area contributed by atoms with E-state index in [1.165, 1.54) is 17.3 Å². The summed E-state index contributed by atoms with van der Waals surface area (Å²) in [6.07, 6.45) is 2.67. The molecule has 0 aromatic carbocycles. The van der Waals surface area contributed by atoms with Crippen molar-refractivity contribution in [1.82, 2.24) is 20.1 Å². The van der Waals surface area contributed by atoms with E-state index in [0.29, 0.717) is 0 Å². The molecule has 2 N–H and O–H groups in total. The molecule has 1 heterocycles. The minimum absolute atomic E-state index is 0.101. The minimum atomic E-state index is -0.943. The van der Waals surface area contributed by atoms with Crippen LogP contribution in [0, 0.1) is 0 Å². The van der Waals surface area contributed by atoms with Gasteiger partial charge in [-0.25, -0.2) is 9.67 Å². The summed E-state index contributed by atoms with van der Waals surface area (Å²) in [5.41, 5.74) is 0. The molecule has 0 radical (unpaired) electrons. The molecule has 7 heteroatoms. The van der Waals surface area contributed by atoms with Crippen molar-refractivity contribution in [3.8, 4) is 0 Å². The van der Waals surface area contributed by atoms with Crippen molar-refractivity contribution >= 4 is 11.9 Å². The molecule has 0 aliphatic rings. The maximum absolute atomic E-state index is 11.6. The Hall–Kier alpha value is -1.92. The summed E-state index contributed by atoms with van der Waals surface area (Å²) >= 11 is 0. The first-order valence-corrected chi connectivity index (χ1v) is 4.87. The van der Waals surface area contributed by atoms with Gasteiger partial charge in [0.25, 0.3) is 0 Å². The number of amides is 1. The Labute approximate surface area is 92.5 Å². The second kappa shape index (κ2) is 5.24. The monoisotopic (exact) mass is 226 g/mol. The Kier molecular flexibility index (Phi) is 3.98. The third-order valence-electron chi connectivity index (χ3n) is 2.08. The van der Waals surface area contributed by atoms with Gasteiger partial charge in [0.1, 0.15) is 18.7 Å². The number of carboxylic acid groups (broad SMARTS) is 1. The summed E-state index contributed by atoms with van der Waals surface area (Å²) in [7, 11) is 0. The van der Waals surface area contributed by atoms with E-state index in [-0.39, 0.29) is 12.3 Å². The maximum atomic E-state index is 11.6. The minimum Gasteiger partial charge on any atom is -0.481 e. The number of hydrogen-bond acceptors (Lipinski definition) is 4. The van der Waals surface area contributed by atoms with Crippen LogP contribution in [0.5, 0.6) is 0 Å². The lowest BCUT2D eigenvalue weighted by atomic mass is 10.2. The first kappa shape index (κ1) is 12.2. The maximum Gasteiger partial charge on any atom is 0.305 e.